The van der Waals surface area contributed by atoms with Gasteiger partial charge in [0.05, 0.1) is 0 Å². The van der Waals surface area contributed by atoms with Crippen LogP contribution in [0.15, 0.2) is 4.99 Å². The van der Waals surface area contributed by atoms with Crippen LogP contribution in [0.1, 0.15) is 46.5 Å². The van der Waals surface area contributed by atoms with Crippen molar-refractivity contribution in [3.8, 4) is 0 Å². The van der Waals surface area contributed by atoms with E-state index in [2.05, 4.69) is 40.9 Å². The fraction of sp³-hybridized carbons (Fsp3) is 0.941. The molecular formula is C17H34N4. The van der Waals surface area contributed by atoms with Crippen LogP contribution in [0, 0.1) is 11.8 Å². The third kappa shape index (κ3) is 4.87. The summed E-state index contributed by atoms with van der Waals surface area (Å²) in [5, 5.41) is 3.60. The predicted octanol–water partition coefficient (Wildman–Crippen LogP) is 2.41. The van der Waals surface area contributed by atoms with Crippen LogP contribution < -0.4 is 5.32 Å². The summed E-state index contributed by atoms with van der Waals surface area (Å²) in [6, 6.07) is 0.594. The number of hydrogen-bond acceptors (Lipinski definition) is 2. The number of nitrogens with one attached hydrogen (secondary N) is 1. The smallest absolute Gasteiger partial charge is 0.193 e. The summed E-state index contributed by atoms with van der Waals surface area (Å²) in [6.45, 7) is 12.9. The number of piperidine rings is 2. The molecule has 2 rings (SSSR count). The summed E-state index contributed by atoms with van der Waals surface area (Å²) >= 11 is 0. The van der Waals surface area contributed by atoms with Gasteiger partial charge in [0, 0.05) is 32.7 Å². The first kappa shape index (κ1) is 16.6. The number of aliphatic imine (C=N–C) groups is 1. The molecular weight excluding hydrogens is 260 g/mol. The van der Waals surface area contributed by atoms with Crippen molar-refractivity contribution >= 4 is 5.96 Å². The highest BCUT2D eigenvalue weighted by atomic mass is 15.3. The molecule has 2 unspecified atom stereocenters. The molecule has 0 saturated carbocycles. The molecule has 2 aliphatic rings. The van der Waals surface area contributed by atoms with Crippen molar-refractivity contribution < 1.29 is 0 Å². The monoisotopic (exact) mass is 294 g/mol. The molecule has 0 amide bonds. The molecule has 2 atom stereocenters. The standard InChI is InChI=1S/C17H34N4/c1-14-7-10-20(11-8-14)16(3)12-19-17(18-4)21-9-5-6-15(2)13-21/h14-16H,5-13H2,1-4H3,(H,18,19). The van der Waals surface area contributed by atoms with Crippen LogP contribution >= 0.6 is 0 Å². The summed E-state index contributed by atoms with van der Waals surface area (Å²) < 4.78 is 0. The van der Waals surface area contributed by atoms with Crippen LogP contribution in [0.2, 0.25) is 0 Å². The van der Waals surface area contributed by atoms with Gasteiger partial charge in [0.2, 0.25) is 0 Å². The van der Waals surface area contributed by atoms with Crippen LogP contribution in [0.4, 0.5) is 0 Å². The van der Waals surface area contributed by atoms with Gasteiger partial charge in [-0.25, -0.2) is 0 Å². The zero-order valence-corrected chi connectivity index (χ0v) is 14.4. The van der Waals surface area contributed by atoms with E-state index in [0.29, 0.717) is 6.04 Å². The van der Waals surface area contributed by atoms with E-state index in [1.165, 1.54) is 38.8 Å². The Labute approximate surface area is 131 Å². The van der Waals surface area contributed by atoms with Crippen LogP contribution in [0.3, 0.4) is 0 Å². The quantitative estimate of drug-likeness (QED) is 0.640. The highest BCUT2D eigenvalue weighted by Gasteiger charge is 2.22. The minimum atomic E-state index is 0.594. The first-order chi connectivity index (χ1) is 10.1. The number of guanidine groups is 1. The van der Waals surface area contributed by atoms with Gasteiger partial charge >= 0.3 is 0 Å². The predicted molar refractivity (Wildman–Crippen MR) is 90.8 cm³/mol. The van der Waals surface area contributed by atoms with E-state index in [4.69, 9.17) is 0 Å². The number of nitrogens with zero attached hydrogens (tertiary/aromatic N) is 3. The van der Waals surface area contributed by atoms with Gasteiger partial charge in [-0.15, -0.1) is 0 Å². The highest BCUT2D eigenvalue weighted by Crippen LogP contribution is 2.18. The topological polar surface area (TPSA) is 30.9 Å². The lowest BCUT2D eigenvalue weighted by molar-refractivity contribution is 0.146. The summed E-state index contributed by atoms with van der Waals surface area (Å²) in [4.78, 5) is 9.54. The highest BCUT2D eigenvalue weighted by molar-refractivity contribution is 5.80. The molecule has 0 radical (unpaired) electrons. The minimum absolute atomic E-state index is 0.594. The van der Waals surface area contributed by atoms with Crippen molar-refractivity contribution in [3.63, 3.8) is 0 Å². The molecule has 2 saturated heterocycles. The Kier molecular flexibility index (Phi) is 6.34. The van der Waals surface area contributed by atoms with E-state index >= 15 is 0 Å². The Bertz CT molecular complexity index is 334. The zero-order valence-electron chi connectivity index (χ0n) is 14.4. The average Bonchev–Trinajstić information content (AvgIpc) is 2.48. The van der Waals surface area contributed by atoms with E-state index in [-0.39, 0.29) is 0 Å². The second-order valence-corrected chi connectivity index (χ2v) is 7.19. The molecule has 0 aliphatic carbocycles. The molecule has 2 heterocycles. The fourth-order valence-corrected chi connectivity index (χ4v) is 3.55. The molecule has 2 fully saturated rings. The lowest BCUT2D eigenvalue weighted by Gasteiger charge is -2.37. The van der Waals surface area contributed by atoms with Gasteiger partial charge in [-0.2, -0.15) is 0 Å². The molecule has 122 valence electrons. The molecule has 0 aromatic heterocycles. The van der Waals surface area contributed by atoms with Crippen molar-refractivity contribution in [1.82, 2.24) is 15.1 Å². The van der Waals surface area contributed by atoms with Crippen molar-refractivity contribution in [2.24, 2.45) is 16.8 Å². The van der Waals surface area contributed by atoms with Crippen LogP contribution in [0.25, 0.3) is 0 Å². The Balaban J connectivity index is 1.77. The molecule has 4 heteroatoms. The Morgan fingerprint density at radius 1 is 1.14 bits per heavy atom. The first-order valence-corrected chi connectivity index (χ1v) is 8.79. The summed E-state index contributed by atoms with van der Waals surface area (Å²) in [5.41, 5.74) is 0. The van der Waals surface area contributed by atoms with Gasteiger partial charge in [-0.3, -0.25) is 9.89 Å². The van der Waals surface area contributed by atoms with Crippen molar-refractivity contribution in [1.29, 1.82) is 0 Å². The maximum absolute atomic E-state index is 4.49. The molecule has 2 aliphatic heterocycles. The van der Waals surface area contributed by atoms with Gasteiger partial charge in [-0.1, -0.05) is 13.8 Å². The maximum atomic E-state index is 4.49. The molecule has 0 aromatic carbocycles. The number of hydrogen-bond donors (Lipinski definition) is 1. The van der Waals surface area contributed by atoms with Crippen LogP contribution in [-0.2, 0) is 0 Å². The largest absolute Gasteiger partial charge is 0.355 e. The van der Waals surface area contributed by atoms with Gasteiger partial charge < -0.3 is 10.2 Å². The second-order valence-electron chi connectivity index (χ2n) is 7.19. The van der Waals surface area contributed by atoms with E-state index in [9.17, 15) is 0 Å². The maximum Gasteiger partial charge on any atom is 0.193 e. The zero-order chi connectivity index (χ0) is 15.2. The van der Waals surface area contributed by atoms with E-state index in [1.807, 2.05) is 7.05 Å². The van der Waals surface area contributed by atoms with Gasteiger partial charge in [0.1, 0.15) is 0 Å². The molecule has 0 bridgehead atoms. The van der Waals surface area contributed by atoms with Gasteiger partial charge in [0.15, 0.2) is 5.96 Å². The molecule has 1 N–H and O–H groups in total. The summed E-state index contributed by atoms with van der Waals surface area (Å²) in [7, 11) is 1.91. The van der Waals surface area contributed by atoms with E-state index < -0.39 is 0 Å². The SMILES string of the molecule is CN=C(NCC(C)N1CCC(C)CC1)N1CCCC(C)C1. The Hall–Kier alpha value is -0.770. The Morgan fingerprint density at radius 2 is 1.86 bits per heavy atom. The van der Waals surface area contributed by atoms with Gasteiger partial charge in [0.25, 0.3) is 0 Å². The second kappa shape index (κ2) is 8.02. The van der Waals surface area contributed by atoms with Crippen molar-refractivity contribution in [3.05, 3.63) is 0 Å². The summed E-state index contributed by atoms with van der Waals surface area (Å²) in [6.07, 6.45) is 5.35. The molecule has 0 aromatic rings. The molecule has 0 spiro atoms. The Morgan fingerprint density at radius 3 is 2.48 bits per heavy atom. The normalized spacial score (nSPS) is 27.7. The summed E-state index contributed by atoms with van der Waals surface area (Å²) in [5.74, 6) is 2.79. The fourth-order valence-electron chi connectivity index (χ4n) is 3.55. The number of likely N-dealkylation sites (tertiary alicyclic amines) is 2. The average molecular weight is 294 g/mol. The van der Waals surface area contributed by atoms with Crippen molar-refractivity contribution in [2.75, 3.05) is 39.8 Å². The van der Waals surface area contributed by atoms with Crippen LogP contribution in [0.5, 0.6) is 0 Å². The van der Waals surface area contributed by atoms with Crippen molar-refractivity contribution in [2.45, 2.75) is 52.5 Å². The minimum Gasteiger partial charge on any atom is -0.355 e. The van der Waals surface area contributed by atoms with Crippen LogP contribution in [-0.4, -0.2) is 61.6 Å². The van der Waals surface area contributed by atoms with E-state index in [1.54, 1.807) is 0 Å². The molecule has 4 nitrogen and oxygen atoms in total. The number of rotatable bonds is 3. The molecule has 21 heavy (non-hydrogen) atoms. The van der Waals surface area contributed by atoms with E-state index in [0.717, 1.165) is 37.4 Å². The third-order valence-corrected chi connectivity index (χ3v) is 5.17. The third-order valence-electron chi connectivity index (χ3n) is 5.17. The van der Waals surface area contributed by atoms with Gasteiger partial charge in [-0.05, 0) is 57.5 Å². The lowest BCUT2D eigenvalue weighted by atomic mass is 9.98. The first-order valence-electron chi connectivity index (χ1n) is 8.79. The lowest BCUT2D eigenvalue weighted by Crippen LogP contribution is -2.51.